The van der Waals surface area contributed by atoms with Gasteiger partial charge in [0.2, 0.25) is 5.91 Å². The maximum absolute atomic E-state index is 13.9. The maximum Gasteiger partial charge on any atom is 0.264 e. The largest absolute Gasteiger partial charge is 0.395 e. The Hall–Kier alpha value is -4.31. The van der Waals surface area contributed by atoms with Crippen molar-refractivity contribution in [1.29, 1.82) is 0 Å². The Morgan fingerprint density at radius 3 is 2.26 bits per heavy atom. The van der Waals surface area contributed by atoms with E-state index in [1.807, 2.05) is 60.7 Å². The van der Waals surface area contributed by atoms with Crippen molar-refractivity contribution in [2.75, 3.05) is 23.4 Å². The lowest BCUT2D eigenvalue weighted by Crippen LogP contribution is -2.44. The van der Waals surface area contributed by atoms with Crippen LogP contribution in [-0.4, -0.2) is 57.2 Å². The van der Waals surface area contributed by atoms with Gasteiger partial charge in [0.1, 0.15) is 6.10 Å². The molecule has 0 aromatic heterocycles. The van der Waals surface area contributed by atoms with Gasteiger partial charge in [-0.2, -0.15) is 0 Å². The fourth-order valence-corrected chi connectivity index (χ4v) is 5.05. The van der Waals surface area contributed by atoms with Crippen molar-refractivity contribution < 1.29 is 29.7 Å². The molecule has 4 N–H and O–H groups in total. The number of rotatable bonds is 12. The molecule has 3 aromatic rings. The van der Waals surface area contributed by atoms with E-state index in [2.05, 4.69) is 5.32 Å². The third kappa shape index (κ3) is 6.76. The van der Waals surface area contributed by atoms with Crippen LogP contribution >= 0.6 is 0 Å². The van der Waals surface area contributed by atoms with Crippen LogP contribution in [-0.2, 0) is 33.1 Å². The lowest BCUT2D eigenvalue weighted by Gasteiger charge is -2.28. The van der Waals surface area contributed by atoms with Gasteiger partial charge in [0.05, 0.1) is 18.8 Å². The smallest absolute Gasteiger partial charge is 0.264 e. The first-order chi connectivity index (χ1) is 20.1. The first kappa shape index (κ1) is 30.6. The number of aliphatic hydroxyl groups excluding tert-OH is 2. The quantitative estimate of drug-likeness (QED) is 0.247. The van der Waals surface area contributed by atoms with E-state index < -0.39 is 29.4 Å². The Labute approximate surface area is 245 Å². The lowest BCUT2D eigenvalue weighted by molar-refractivity contribution is -0.139. The van der Waals surface area contributed by atoms with Crippen molar-refractivity contribution in [3.05, 3.63) is 108 Å². The van der Waals surface area contributed by atoms with Crippen molar-refractivity contribution in [3.8, 4) is 0 Å². The number of nitrogens with one attached hydrogen (secondary N) is 1. The Balaban J connectivity index is 1.58. The van der Waals surface area contributed by atoms with Gasteiger partial charge in [-0.05, 0) is 36.2 Å². The van der Waals surface area contributed by atoms with E-state index in [4.69, 9.17) is 0 Å². The summed E-state index contributed by atoms with van der Waals surface area (Å²) in [7, 11) is 0. The van der Waals surface area contributed by atoms with E-state index >= 15 is 0 Å². The van der Waals surface area contributed by atoms with Gasteiger partial charge in [-0.1, -0.05) is 79.7 Å². The Bertz CT molecular complexity index is 1430. The fourth-order valence-electron chi connectivity index (χ4n) is 5.05. The molecule has 4 rings (SSSR count). The van der Waals surface area contributed by atoms with Crippen LogP contribution in [0.15, 0.2) is 91.0 Å². The second-order valence-electron chi connectivity index (χ2n) is 10.5. The van der Waals surface area contributed by atoms with Crippen LogP contribution in [0.5, 0.6) is 0 Å². The van der Waals surface area contributed by atoms with Crippen LogP contribution < -0.4 is 10.2 Å². The van der Waals surface area contributed by atoms with Crippen molar-refractivity contribution in [1.82, 2.24) is 4.90 Å². The highest BCUT2D eigenvalue weighted by molar-refractivity contribution is 6.08. The van der Waals surface area contributed by atoms with Crippen LogP contribution in [0.3, 0.4) is 0 Å². The van der Waals surface area contributed by atoms with E-state index in [-0.39, 0.29) is 32.0 Å². The molecule has 0 aliphatic carbocycles. The van der Waals surface area contributed by atoms with Gasteiger partial charge in [-0.25, -0.2) is 0 Å². The lowest BCUT2D eigenvalue weighted by atomic mass is 9.82. The molecule has 0 bridgehead atoms. The molecule has 1 aliphatic rings. The molecule has 220 valence electrons. The summed E-state index contributed by atoms with van der Waals surface area (Å²) in [4.78, 5) is 42.1. The zero-order chi connectivity index (χ0) is 30.3. The second kappa shape index (κ2) is 13.6. The molecule has 0 unspecified atom stereocenters. The topological polar surface area (TPSA) is 130 Å². The molecule has 42 heavy (non-hydrogen) atoms. The van der Waals surface area contributed by atoms with Gasteiger partial charge in [-0.15, -0.1) is 0 Å². The Morgan fingerprint density at radius 1 is 1.00 bits per heavy atom. The Morgan fingerprint density at radius 2 is 1.64 bits per heavy atom. The van der Waals surface area contributed by atoms with Crippen LogP contribution in [0.1, 0.15) is 37.0 Å². The first-order valence-corrected chi connectivity index (χ1v) is 14.0. The molecule has 3 aromatic carbocycles. The average Bonchev–Trinajstić information content (AvgIpc) is 3.20. The van der Waals surface area contributed by atoms with Crippen molar-refractivity contribution in [2.45, 2.75) is 45.1 Å². The molecule has 3 amide bonds. The van der Waals surface area contributed by atoms with Crippen molar-refractivity contribution in [2.24, 2.45) is 5.92 Å². The summed E-state index contributed by atoms with van der Waals surface area (Å²) in [5.41, 5.74) is 1.01. The summed E-state index contributed by atoms with van der Waals surface area (Å²) in [6, 6.07) is 23.7. The standard InChI is InChI=1S/C33H37N3O6/c1-23(10-9-15-30(39)35(18-19-37)21-25-11-5-3-6-12-25)33(42)28-20-27(34-31(40)24(2)38)16-17-29(28)36(32(33)41)22-26-13-7-4-8-14-26/h3-14,16-17,20,23-24,37-38,42H,15,18-19,21-22H2,1-2H3,(H,34,40)/b10-9+/t23-,24-,33+/m0/s1. The van der Waals surface area contributed by atoms with E-state index in [1.165, 1.54) is 11.8 Å². The predicted molar refractivity (Wildman–Crippen MR) is 160 cm³/mol. The number of nitrogens with zero attached hydrogens (tertiary/aromatic N) is 2. The average molecular weight is 572 g/mol. The molecular weight excluding hydrogens is 534 g/mol. The Kier molecular flexibility index (Phi) is 9.90. The number of aliphatic hydroxyl groups is 3. The normalized spacial score (nSPS) is 17.6. The monoisotopic (exact) mass is 571 g/mol. The van der Waals surface area contributed by atoms with Crippen LogP contribution in [0.4, 0.5) is 11.4 Å². The molecule has 1 heterocycles. The van der Waals surface area contributed by atoms with Crippen LogP contribution in [0, 0.1) is 5.92 Å². The summed E-state index contributed by atoms with van der Waals surface area (Å²) in [5, 5.41) is 33.8. The number of amides is 3. The fraction of sp³-hybridized carbons (Fsp3) is 0.303. The third-order valence-corrected chi connectivity index (χ3v) is 7.41. The number of benzene rings is 3. The number of carbonyl (C=O) groups excluding carboxylic acids is 3. The van der Waals surface area contributed by atoms with E-state index in [9.17, 15) is 29.7 Å². The van der Waals surface area contributed by atoms with Gasteiger partial charge in [0.15, 0.2) is 5.60 Å². The van der Waals surface area contributed by atoms with Gasteiger partial charge in [0.25, 0.3) is 11.8 Å². The molecule has 9 heteroatoms. The zero-order valence-corrected chi connectivity index (χ0v) is 23.8. The van der Waals surface area contributed by atoms with Gasteiger partial charge >= 0.3 is 0 Å². The highest BCUT2D eigenvalue weighted by Gasteiger charge is 2.52. The summed E-state index contributed by atoms with van der Waals surface area (Å²) in [6.45, 7) is 3.65. The van der Waals surface area contributed by atoms with Crippen LogP contribution in [0.2, 0.25) is 0 Å². The minimum Gasteiger partial charge on any atom is -0.395 e. The first-order valence-electron chi connectivity index (χ1n) is 14.0. The minimum atomic E-state index is -1.97. The SMILES string of the molecule is C[C@H](O)C(=O)Nc1ccc2c(c1)[C@](O)([C@@H](C)/C=C/CC(=O)N(CCO)Cc1ccccc1)C(=O)N2Cc1ccccc1. The molecule has 0 spiro atoms. The van der Waals surface area contributed by atoms with Crippen molar-refractivity contribution in [3.63, 3.8) is 0 Å². The van der Waals surface area contributed by atoms with E-state index in [0.29, 0.717) is 23.5 Å². The van der Waals surface area contributed by atoms with Gasteiger partial charge < -0.3 is 30.4 Å². The number of hydrogen-bond donors (Lipinski definition) is 4. The summed E-state index contributed by atoms with van der Waals surface area (Å²) in [5.74, 6) is -2.07. The molecule has 3 atom stereocenters. The summed E-state index contributed by atoms with van der Waals surface area (Å²) in [6.07, 6.45) is 2.06. The van der Waals surface area contributed by atoms with Gasteiger partial charge in [0, 0.05) is 36.7 Å². The molecule has 0 fully saturated rings. The minimum absolute atomic E-state index is 0.0204. The molecule has 1 aliphatic heterocycles. The summed E-state index contributed by atoms with van der Waals surface area (Å²) < 4.78 is 0. The van der Waals surface area contributed by atoms with Gasteiger partial charge in [-0.3, -0.25) is 14.4 Å². The van der Waals surface area contributed by atoms with Crippen LogP contribution in [0.25, 0.3) is 0 Å². The zero-order valence-electron chi connectivity index (χ0n) is 23.8. The predicted octanol–water partition coefficient (Wildman–Crippen LogP) is 3.34. The number of fused-ring (bicyclic) bond motifs is 1. The second-order valence-corrected chi connectivity index (χ2v) is 10.5. The molecule has 0 saturated carbocycles. The number of carbonyl (C=O) groups is 3. The summed E-state index contributed by atoms with van der Waals surface area (Å²) >= 11 is 0. The highest BCUT2D eigenvalue weighted by Crippen LogP contribution is 2.46. The number of hydrogen-bond acceptors (Lipinski definition) is 6. The molecule has 0 radical (unpaired) electrons. The molecule has 9 nitrogen and oxygen atoms in total. The van der Waals surface area contributed by atoms with E-state index in [1.54, 1.807) is 42.2 Å². The third-order valence-electron chi connectivity index (χ3n) is 7.41. The maximum atomic E-state index is 13.9. The van der Waals surface area contributed by atoms with Crippen molar-refractivity contribution >= 4 is 29.1 Å². The highest BCUT2D eigenvalue weighted by atomic mass is 16.3. The number of anilines is 2. The molecule has 0 saturated heterocycles. The van der Waals surface area contributed by atoms with E-state index in [0.717, 1.165) is 11.1 Å². The molecular formula is C33H37N3O6.